The van der Waals surface area contributed by atoms with E-state index in [0.717, 1.165) is 12.1 Å². The molecule has 0 spiro atoms. The van der Waals surface area contributed by atoms with Crippen molar-refractivity contribution in [1.29, 1.82) is 0 Å². The molecular weight excluding hydrogens is 425 g/mol. The fraction of sp³-hybridized carbons (Fsp3) is 0.300. The van der Waals surface area contributed by atoms with E-state index < -0.39 is 42.1 Å². The van der Waals surface area contributed by atoms with Gasteiger partial charge in [0.15, 0.2) is 0 Å². The lowest BCUT2D eigenvalue weighted by Crippen LogP contribution is -2.44. The Bertz CT molecular complexity index is 1020. The van der Waals surface area contributed by atoms with E-state index in [1.165, 1.54) is 24.3 Å². The molecule has 2 aromatic carbocycles. The van der Waals surface area contributed by atoms with Crippen LogP contribution in [0.4, 0.5) is 26.7 Å². The first-order chi connectivity index (χ1) is 14.5. The van der Waals surface area contributed by atoms with E-state index in [1.54, 1.807) is 6.07 Å². The highest BCUT2D eigenvalue weighted by atomic mass is 19.4. The summed E-state index contributed by atoms with van der Waals surface area (Å²) in [7, 11) is 0. The molecule has 1 fully saturated rings. The predicted octanol–water partition coefficient (Wildman–Crippen LogP) is 3.12. The molecule has 2 aliphatic rings. The Hall–Kier alpha value is -3.37. The SMILES string of the molecule is O=C1NC[C@@H](C(=O)NC(c2ccc(OC(F)(F)F)cc2)c2ccc3c(c2)C(F)(F)C3)N1. The van der Waals surface area contributed by atoms with Crippen LogP contribution in [-0.4, -0.2) is 30.9 Å². The van der Waals surface area contributed by atoms with Crippen molar-refractivity contribution < 1.29 is 36.3 Å². The zero-order valence-electron chi connectivity index (χ0n) is 15.7. The summed E-state index contributed by atoms with van der Waals surface area (Å²) in [6, 6.07) is 6.77. The lowest BCUT2D eigenvalue weighted by Gasteiger charge is -2.31. The maximum Gasteiger partial charge on any atom is 0.573 e. The molecule has 1 saturated heterocycles. The van der Waals surface area contributed by atoms with Crippen LogP contribution in [0.3, 0.4) is 0 Å². The molecule has 0 aromatic heterocycles. The average molecular weight is 441 g/mol. The Morgan fingerprint density at radius 3 is 2.39 bits per heavy atom. The van der Waals surface area contributed by atoms with E-state index in [-0.39, 0.29) is 18.5 Å². The van der Waals surface area contributed by atoms with E-state index in [1.807, 2.05) is 0 Å². The molecule has 4 rings (SSSR count). The number of halogens is 5. The van der Waals surface area contributed by atoms with Gasteiger partial charge in [0.05, 0.1) is 6.04 Å². The summed E-state index contributed by atoms with van der Waals surface area (Å²) in [4.78, 5) is 23.9. The Morgan fingerprint density at radius 1 is 1.13 bits per heavy atom. The van der Waals surface area contributed by atoms with Crippen LogP contribution in [0, 0.1) is 0 Å². The minimum absolute atomic E-state index is 0.0397. The molecule has 0 saturated carbocycles. The van der Waals surface area contributed by atoms with Crippen molar-refractivity contribution in [2.45, 2.75) is 30.8 Å². The molecule has 2 aromatic rings. The lowest BCUT2D eigenvalue weighted by molar-refractivity contribution is -0.274. The van der Waals surface area contributed by atoms with Gasteiger partial charge < -0.3 is 20.7 Å². The van der Waals surface area contributed by atoms with Crippen molar-refractivity contribution in [3.63, 3.8) is 0 Å². The van der Waals surface area contributed by atoms with E-state index in [4.69, 9.17) is 0 Å². The van der Waals surface area contributed by atoms with Gasteiger partial charge in [-0.05, 0) is 34.9 Å². The predicted molar refractivity (Wildman–Crippen MR) is 97.5 cm³/mol. The molecule has 164 valence electrons. The smallest absolute Gasteiger partial charge is 0.406 e. The first-order valence-electron chi connectivity index (χ1n) is 9.23. The van der Waals surface area contributed by atoms with Crippen LogP contribution >= 0.6 is 0 Å². The largest absolute Gasteiger partial charge is 0.573 e. The van der Waals surface area contributed by atoms with Gasteiger partial charge in [0.2, 0.25) is 5.91 Å². The number of carbonyl (C=O) groups excluding carboxylic acids is 2. The minimum atomic E-state index is -4.86. The average Bonchev–Trinajstić information content (AvgIpc) is 3.12. The van der Waals surface area contributed by atoms with Crippen molar-refractivity contribution >= 4 is 11.9 Å². The van der Waals surface area contributed by atoms with Crippen molar-refractivity contribution in [2.75, 3.05) is 6.54 Å². The normalized spacial score (nSPS) is 20.0. The number of hydrogen-bond acceptors (Lipinski definition) is 3. The summed E-state index contributed by atoms with van der Waals surface area (Å²) >= 11 is 0. The van der Waals surface area contributed by atoms with Crippen LogP contribution in [0.15, 0.2) is 42.5 Å². The van der Waals surface area contributed by atoms with Crippen molar-refractivity contribution in [3.05, 3.63) is 64.7 Å². The number of ether oxygens (including phenoxy) is 1. The number of rotatable bonds is 5. The third kappa shape index (κ3) is 4.39. The summed E-state index contributed by atoms with van der Waals surface area (Å²) in [5, 5.41) is 7.53. The maximum absolute atomic E-state index is 13.9. The van der Waals surface area contributed by atoms with E-state index >= 15 is 0 Å². The number of carbonyl (C=O) groups is 2. The van der Waals surface area contributed by atoms with Crippen molar-refractivity contribution in [2.24, 2.45) is 0 Å². The molecule has 0 radical (unpaired) electrons. The molecule has 0 bridgehead atoms. The molecule has 2 atom stereocenters. The standard InChI is InChI=1S/C20H16F5N3O3/c21-19(22)8-12-2-1-11(7-14(12)19)16(28-17(29)15-9-26-18(30)27-15)10-3-5-13(6-4-10)31-20(23,24)25/h1-7,15-16H,8-9H2,(H,28,29)(H2,26,27,30)/t15-,16?/m0/s1. The second kappa shape index (κ2) is 7.40. The van der Waals surface area contributed by atoms with E-state index in [0.29, 0.717) is 16.7 Å². The quantitative estimate of drug-likeness (QED) is 0.624. The van der Waals surface area contributed by atoms with Crippen molar-refractivity contribution in [1.82, 2.24) is 16.0 Å². The zero-order valence-corrected chi connectivity index (χ0v) is 15.7. The second-order valence-electron chi connectivity index (χ2n) is 7.26. The minimum Gasteiger partial charge on any atom is -0.406 e. The van der Waals surface area contributed by atoms with Gasteiger partial charge >= 0.3 is 12.4 Å². The van der Waals surface area contributed by atoms with Crippen LogP contribution < -0.4 is 20.7 Å². The molecule has 1 aliphatic heterocycles. The van der Waals surface area contributed by atoms with Gasteiger partial charge in [0.25, 0.3) is 5.92 Å². The fourth-order valence-electron chi connectivity index (χ4n) is 3.57. The molecule has 1 heterocycles. The van der Waals surface area contributed by atoms with Gasteiger partial charge in [-0.2, -0.15) is 0 Å². The van der Waals surface area contributed by atoms with Gasteiger partial charge in [-0.25, -0.2) is 13.6 Å². The highest BCUT2D eigenvalue weighted by Gasteiger charge is 2.44. The van der Waals surface area contributed by atoms with Crippen LogP contribution in [0.5, 0.6) is 5.75 Å². The summed E-state index contributed by atoms with van der Waals surface area (Å²) in [6.45, 7) is 0.0397. The van der Waals surface area contributed by atoms with E-state index in [2.05, 4.69) is 20.7 Å². The number of nitrogens with one attached hydrogen (secondary N) is 3. The number of hydrogen-bond donors (Lipinski definition) is 3. The van der Waals surface area contributed by atoms with Crippen LogP contribution in [0.1, 0.15) is 28.3 Å². The molecule has 3 N–H and O–H groups in total. The molecule has 31 heavy (non-hydrogen) atoms. The lowest BCUT2D eigenvalue weighted by atomic mass is 9.81. The summed E-state index contributed by atoms with van der Waals surface area (Å²) in [5.41, 5.74) is 1.01. The van der Waals surface area contributed by atoms with Gasteiger partial charge in [0.1, 0.15) is 11.8 Å². The first kappa shape index (κ1) is 20.9. The Morgan fingerprint density at radius 2 is 1.81 bits per heavy atom. The Labute approximate surface area is 172 Å². The Balaban J connectivity index is 1.64. The second-order valence-corrected chi connectivity index (χ2v) is 7.26. The number of fused-ring (bicyclic) bond motifs is 1. The van der Waals surface area contributed by atoms with Gasteiger partial charge in [0, 0.05) is 18.5 Å². The zero-order chi connectivity index (χ0) is 22.4. The third-order valence-corrected chi connectivity index (χ3v) is 5.10. The first-order valence-corrected chi connectivity index (χ1v) is 9.23. The van der Waals surface area contributed by atoms with Gasteiger partial charge in [-0.1, -0.05) is 24.3 Å². The van der Waals surface area contributed by atoms with Gasteiger partial charge in [-0.15, -0.1) is 13.2 Å². The van der Waals surface area contributed by atoms with Gasteiger partial charge in [-0.3, -0.25) is 4.79 Å². The molecule has 3 amide bonds. The number of urea groups is 1. The summed E-state index contributed by atoms with van der Waals surface area (Å²) in [5.74, 6) is -4.01. The highest BCUT2D eigenvalue weighted by Crippen LogP contribution is 2.45. The van der Waals surface area contributed by atoms with Crippen molar-refractivity contribution in [3.8, 4) is 5.75 Å². The summed E-state index contributed by atoms with van der Waals surface area (Å²) in [6.07, 6.45) is -5.24. The van der Waals surface area contributed by atoms with Crippen LogP contribution in [0.2, 0.25) is 0 Å². The number of amides is 3. The molecule has 1 unspecified atom stereocenters. The molecule has 1 aliphatic carbocycles. The maximum atomic E-state index is 13.9. The number of alkyl halides is 5. The molecule has 11 heteroatoms. The summed E-state index contributed by atoms with van der Waals surface area (Å²) < 4.78 is 68.8. The van der Waals surface area contributed by atoms with E-state index in [9.17, 15) is 31.5 Å². The molecule has 6 nitrogen and oxygen atoms in total. The topological polar surface area (TPSA) is 79.5 Å². The Kier molecular flexibility index (Phi) is 4.98. The fourth-order valence-corrected chi connectivity index (χ4v) is 3.57. The highest BCUT2D eigenvalue weighted by molar-refractivity contribution is 5.90. The van der Waals surface area contributed by atoms with Crippen LogP contribution in [0.25, 0.3) is 0 Å². The van der Waals surface area contributed by atoms with Crippen LogP contribution in [-0.2, 0) is 17.1 Å². The number of benzene rings is 2. The third-order valence-electron chi connectivity index (χ3n) is 5.10. The molecular formula is C20H16F5N3O3. The monoisotopic (exact) mass is 441 g/mol.